The van der Waals surface area contributed by atoms with E-state index in [1.807, 2.05) is 18.2 Å². The molecular weight excluding hydrogens is 370 g/mol. The van der Waals surface area contributed by atoms with Crippen molar-refractivity contribution in [2.24, 2.45) is 0 Å². The molecule has 7 nitrogen and oxygen atoms in total. The van der Waals surface area contributed by atoms with Crippen LogP contribution in [0.25, 0.3) is 0 Å². The van der Waals surface area contributed by atoms with Gasteiger partial charge in [0.2, 0.25) is 5.91 Å². The normalized spacial score (nSPS) is 16.9. The van der Waals surface area contributed by atoms with Crippen LogP contribution in [0, 0.1) is 0 Å². The fraction of sp³-hybridized carbons (Fsp3) is 0.318. The van der Waals surface area contributed by atoms with Crippen LogP contribution in [-0.2, 0) is 11.3 Å². The molecular formula is C22H23N3O4. The average molecular weight is 393 g/mol. The van der Waals surface area contributed by atoms with Crippen molar-refractivity contribution in [3.63, 3.8) is 0 Å². The minimum Gasteiger partial charge on any atom is -0.497 e. The third kappa shape index (κ3) is 3.86. The molecule has 2 heterocycles. The molecule has 0 N–H and O–H groups in total. The van der Waals surface area contributed by atoms with E-state index in [2.05, 4.69) is 11.0 Å². The lowest BCUT2D eigenvalue weighted by atomic mass is 10.1. The van der Waals surface area contributed by atoms with Crippen LogP contribution in [0.3, 0.4) is 0 Å². The summed E-state index contributed by atoms with van der Waals surface area (Å²) in [7, 11) is 1.65. The van der Waals surface area contributed by atoms with Gasteiger partial charge < -0.3 is 9.64 Å². The zero-order valence-electron chi connectivity index (χ0n) is 16.3. The quantitative estimate of drug-likeness (QED) is 0.723. The summed E-state index contributed by atoms with van der Waals surface area (Å²) in [6, 6.07) is 14.6. The highest BCUT2D eigenvalue weighted by Gasteiger charge is 2.37. The van der Waals surface area contributed by atoms with Gasteiger partial charge in [0.15, 0.2) is 0 Å². The fourth-order valence-electron chi connectivity index (χ4n) is 3.80. The number of carbonyl (C=O) groups excluding carboxylic acids is 3. The average Bonchev–Trinajstić information content (AvgIpc) is 2.99. The second kappa shape index (κ2) is 8.05. The number of piperazine rings is 1. The molecule has 0 aromatic heterocycles. The smallest absolute Gasteiger partial charge is 0.262 e. The second-order valence-electron chi connectivity index (χ2n) is 7.25. The van der Waals surface area contributed by atoms with Crippen LogP contribution in [0.2, 0.25) is 0 Å². The van der Waals surface area contributed by atoms with Crippen molar-refractivity contribution < 1.29 is 19.1 Å². The number of methoxy groups -OCH3 is 1. The number of benzene rings is 2. The molecule has 150 valence electrons. The van der Waals surface area contributed by atoms with E-state index in [9.17, 15) is 14.4 Å². The second-order valence-corrected chi connectivity index (χ2v) is 7.25. The molecule has 0 atom stereocenters. The molecule has 4 rings (SSSR count). The summed E-state index contributed by atoms with van der Waals surface area (Å²) in [6.07, 6.45) is 0. The lowest BCUT2D eigenvalue weighted by Crippen LogP contribution is -2.51. The van der Waals surface area contributed by atoms with Gasteiger partial charge in [0.1, 0.15) is 12.3 Å². The van der Waals surface area contributed by atoms with Crippen LogP contribution < -0.4 is 4.74 Å². The molecule has 29 heavy (non-hydrogen) atoms. The van der Waals surface area contributed by atoms with Gasteiger partial charge in [-0.25, -0.2) is 0 Å². The summed E-state index contributed by atoms with van der Waals surface area (Å²) in [4.78, 5) is 42.6. The summed E-state index contributed by atoms with van der Waals surface area (Å²) in [5.74, 6) is -0.149. The highest BCUT2D eigenvalue weighted by Crippen LogP contribution is 2.22. The Bertz CT molecular complexity index is 916. The fourth-order valence-corrected chi connectivity index (χ4v) is 3.80. The van der Waals surface area contributed by atoms with E-state index in [1.54, 1.807) is 36.3 Å². The van der Waals surface area contributed by atoms with Gasteiger partial charge in [-0.1, -0.05) is 24.3 Å². The van der Waals surface area contributed by atoms with Gasteiger partial charge in [-0.3, -0.25) is 24.2 Å². The molecule has 0 spiro atoms. The van der Waals surface area contributed by atoms with Crippen molar-refractivity contribution in [1.29, 1.82) is 0 Å². The first-order valence-corrected chi connectivity index (χ1v) is 9.65. The van der Waals surface area contributed by atoms with Crippen LogP contribution in [0.5, 0.6) is 5.75 Å². The Balaban J connectivity index is 1.32. The Morgan fingerprint density at radius 3 is 2.21 bits per heavy atom. The summed E-state index contributed by atoms with van der Waals surface area (Å²) in [6.45, 7) is 3.22. The van der Waals surface area contributed by atoms with Crippen LogP contribution in [0.15, 0.2) is 48.5 Å². The summed E-state index contributed by atoms with van der Waals surface area (Å²) >= 11 is 0. The number of carbonyl (C=O) groups is 3. The zero-order valence-corrected chi connectivity index (χ0v) is 16.3. The molecule has 2 aliphatic heterocycles. The topological polar surface area (TPSA) is 70.2 Å². The molecule has 2 aromatic rings. The summed E-state index contributed by atoms with van der Waals surface area (Å²) in [5.41, 5.74) is 1.90. The number of imide groups is 1. The number of rotatable bonds is 5. The van der Waals surface area contributed by atoms with Crippen molar-refractivity contribution in [3.05, 3.63) is 65.2 Å². The van der Waals surface area contributed by atoms with E-state index in [1.165, 1.54) is 0 Å². The van der Waals surface area contributed by atoms with Gasteiger partial charge in [-0.2, -0.15) is 0 Å². The Labute approximate surface area is 169 Å². The van der Waals surface area contributed by atoms with E-state index in [0.29, 0.717) is 24.2 Å². The van der Waals surface area contributed by atoms with Crippen LogP contribution in [0.1, 0.15) is 26.3 Å². The van der Waals surface area contributed by atoms with Crippen LogP contribution >= 0.6 is 0 Å². The Kier molecular flexibility index (Phi) is 5.31. The number of nitrogens with zero attached hydrogens (tertiary/aromatic N) is 3. The van der Waals surface area contributed by atoms with Gasteiger partial charge in [0.25, 0.3) is 11.8 Å². The lowest BCUT2D eigenvalue weighted by molar-refractivity contribution is -0.133. The highest BCUT2D eigenvalue weighted by atomic mass is 16.5. The van der Waals surface area contributed by atoms with Crippen LogP contribution in [-0.4, -0.2) is 72.3 Å². The van der Waals surface area contributed by atoms with E-state index >= 15 is 0 Å². The van der Waals surface area contributed by atoms with Crippen molar-refractivity contribution in [3.8, 4) is 5.75 Å². The summed E-state index contributed by atoms with van der Waals surface area (Å²) in [5, 5.41) is 0. The zero-order chi connectivity index (χ0) is 20.4. The van der Waals surface area contributed by atoms with Gasteiger partial charge in [-0.15, -0.1) is 0 Å². The molecule has 1 saturated heterocycles. The molecule has 2 aromatic carbocycles. The van der Waals surface area contributed by atoms with Crippen LogP contribution in [0.4, 0.5) is 0 Å². The van der Waals surface area contributed by atoms with E-state index < -0.39 is 11.8 Å². The molecule has 0 aliphatic carbocycles. The molecule has 0 radical (unpaired) electrons. The number of ether oxygens (including phenoxy) is 1. The van der Waals surface area contributed by atoms with Crippen molar-refractivity contribution in [1.82, 2.24) is 14.7 Å². The minimum absolute atomic E-state index is 0.194. The first-order valence-electron chi connectivity index (χ1n) is 9.65. The molecule has 2 aliphatic rings. The SMILES string of the molecule is COc1cccc(CN2CCN(C(=O)CN3C(=O)c4ccccc4C3=O)CC2)c1. The first-order chi connectivity index (χ1) is 14.1. The number of hydrogen-bond donors (Lipinski definition) is 0. The summed E-state index contributed by atoms with van der Waals surface area (Å²) < 4.78 is 5.27. The lowest BCUT2D eigenvalue weighted by Gasteiger charge is -2.35. The third-order valence-electron chi connectivity index (χ3n) is 5.44. The Morgan fingerprint density at radius 1 is 0.931 bits per heavy atom. The van der Waals surface area contributed by atoms with Crippen molar-refractivity contribution in [2.75, 3.05) is 39.8 Å². The van der Waals surface area contributed by atoms with Gasteiger partial charge in [0.05, 0.1) is 18.2 Å². The highest BCUT2D eigenvalue weighted by molar-refractivity contribution is 6.22. The molecule has 7 heteroatoms. The molecule has 0 bridgehead atoms. The number of fused-ring (bicyclic) bond motifs is 1. The molecule has 3 amide bonds. The molecule has 0 saturated carbocycles. The van der Waals surface area contributed by atoms with Gasteiger partial charge in [0, 0.05) is 32.7 Å². The third-order valence-corrected chi connectivity index (χ3v) is 5.44. The maximum atomic E-state index is 12.7. The van der Waals surface area contributed by atoms with E-state index in [4.69, 9.17) is 4.74 Å². The first kappa shape index (κ1) is 19.1. The minimum atomic E-state index is -0.393. The Morgan fingerprint density at radius 2 is 1.59 bits per heavy atom. The predicted molar refractivity (Wildman–Crippen MR) is 107 cm³/mol. The van der Waals surface area contributed by atoms with Gasteiger partial charge in [-0.05, 0) is 29.8 Å². The maximum Gasteiger partial charge on any atom is 0.262 e. The molecule has 0 unspecified atom stereocenters. The van der Waals surface area contributed by atoms with Gasteiger partial charge >= 0.3 is 0 Å². The van der Waals surface area contributed by atoms with E-state index in [0.717, 1.165) is 35.8 Å². The predicted octanol–water partition coefficient (Wildman–Crippen LogP) is 1.64. The Hall–Kier alpha value is -3.19. The monoisotopic (exact) mass is 393 g/mol. The molecule has 1 fully saturated rings. The largest absolute Gasteiger partial charge is 0.497 e. The maximum absolute atomic E-state index is 12.7. The number of amides is 3. The standard InChI is InChI=1S/C22H23N3O4/c1-29-17-6-4-5-16(13-17)14-23-9-11-24(12-10-23)20(26)15-25-21(27)18-7-2-3-8-19(18)22(25)28/h2-8,13H,9-12,14-15H2,1H3. The van der Waals surface area contributed by atoms with Crippen molar-refractivity contribution >= 4 is 17.7 Å². The van der Waals surface area contributed by atoms with Crippen molar-refractivity contribution in [2.45, 2.75) is 6.54 Å². The number of hydrogen-bond acceptors (Lipinski definition) is 5. The van der Waals surface area contributed by atoms with E-state index in [-0.39, 0.29) is 12.5 Å².